The average Bonchev–Trinajstić information content (AvgIpc) is 2.85. The molecule has 2 aromatic carbocycles. The van der Waals surface area contributed by atoms with Gasteiger partial charge in [0, 0.05) is 18.2 Å². The third-order valence-corrected chi connectivity index (χ3v) is 5.79. The number of carbonyl (C=O) groups is 1. The Hall–Kier alpha value is -3.40. The van der Waals surface area contributed by atoms with Gasteiger partial charge in [-0.3, -0.25) is 14.2 Å². The fourth-order valence-corrected chi connectivity index (χ4v) is 4.08. The predicted octanol–water partition coefficient (Wildman–Crippen LogP) is 4.51. The van der Waals surface area contributed by atoms with Crippen LogP contribution in [0.15, 0.2) is 35.1 Å². The molecule has 1 N–H and O–H groups in total. The second kappa shape index (κ2) is 12.7. The van der Waals surface area contributed by atoms with Crippen molar-refractivity contribution in [1.29, 1.82) is 0 Å². The van der Waals surface area contributed by atoms with Gasteiger partial charge in [-0.1, -0.05) is 13.8 Å². The lowest BCUT2D eigenvalue weighted by molar-refractivity contribution is -0.122. The molecule has 0 unspecified atom stereocenters. The molecule has 37 heavy (non-hydrogen) atoms. The van der Waals surface area contributed by atoms with E-state index in [1.54, 1.807) is 32.0 Å². The number of hydrogen-bond acceptors (Lipinski definition) is 5. The van der Waals surface area contributed by atoms with E-state index in [0.717, 1.165) is 49.2 Å². The monoisotopic (exact) mass is 518 g/mol. The van der Waals surface area contributed by atoms with E-state index >= 15 is 0 Å². The summed E-state index contributed by atoms with van der Waals surface area (Å²) in [4.78, 5) is 32.7. The Kier molecular flexibility index (Phi) is 9.68. The van der Waals surface area contributed by atoms with Crippen molar-refractivity contribution in [3.63, 3.8) is 0 Å². The van der Waals surface area contributed by atoms with Crippen molar-refractivity contribution < 1.29 is 22.7 Å². The van der Waals surface area contributed by atoms with Crippen LogP contribution < -0.4 is 15.6 Å². The van der Waals surface area contributed by atoms with Crippen LogP contribution in [0.3, 0.4) is 0 Å². The van der Waals surface area contributed by atoms with Crippen LogP contribution in [0.1, 0.15) is 40.5 Å². The lowest BCUT2D eigenvalue weighted by Gasteiger charge is -2.19. The highest BCUT2D eigenvalue weighted by atomic mass is 19.2. The van der Waals surface area contributed by atoms with Gasteiger partial charge in [-0.05, 0) is 70.1 Å². The lowest BCUT2D eigenvalue weighted by Crippen LogP contribution is -2.37. The van der Waals surface area contributed by atoms with Gasteiger partial charge in [-0.15, -0.1) is 0 Å². The number of benzene rings is 2. The zero-order valence-corrected chi connectivity index (χ0v) is 21.6. The molecule has 0 radical (unpaired) electrons. The molecule has 200 valence electrons. The summed E-state index contributed by atoms with van der Waals surface area (Å²) in [6.45, 7) is 10.7. The molecule has 7 nitrogen and oxygen atoms in total. The highest BCUT2D eigenvalue weighted by Gasteiger charge is 2.20. The quantitative estimate of drug-likeness (QED) is 0.282. The molecule has 0 spiro atoms. The zero-order valence-electron chi connectivity index (χ0n) is 21.6. The molecule has 0 aliphatic rings. The Morgan fingerprint density at radius 3 is 2.43 bits per heavy atom. The molecule has 0 bridgehead atoms. The topological polar surface area (TPSA) is 76.5 Å². The smallest absolute Gasteiger partial charge is 0.262 e. The summed E-state index contributed by atoms with van der Waals surface area (Å²) >= 11 is 0. The van der Waals surface area contributed by atoms with Crippen molar-refractivity contribution in [3.05, 3.63) is 58.1 Å². The number of rotatable bonds is 12. The van der Waals surface area contributed by atoms with Gasteiger partial charge in [0.05, 0.1) is 17.5 Å². The molecule has 1 amide bonds. The molecular weight excluding hydrogens is 485 g/mol. The van der Waals surface area contributed by atoms with Crippen LogP contribution in [0.5, 0.6) is 5.75 Å². The van der Waals surface area contributed by atoms with Gasteiger partial charge in [0.1, 0.15) is 18.1 Å². The normalized spacial score (nSPS) is 11.5. The number of carbonyl (C=O) groups excluding carboxylic acids is 1. The Morgan fingerprint density at radius 1 is 1.11 bits per heavy atom. The minimum atomic E-state index is -1.63. The van der Waals surface area contributed by atoms with E-state index in [1.807, 2.05) is 0 Å². The molecule has 3 aromatic rings. The Bertz CT molecular complexity index is 1290. The molecule has 0 atom stereocenters. The van der Waals surface area contributed by atoms with Crippen molar-refractivity contribution >= 4 is 16.8 Å². The summed E-state index contributed by atoms with van der Waals surface area (Å²) < 4.78 is 48.4. The molecule has 0 aliphatic heterocycles. The van der Waals surface area contributed by atoms with Crippen LogP contribution in [-0.4, -0.2) is 52.6 Å². The molecule has 1 heterocycles. The maximum absolute atomic E-state index is 14.0. The highest BCUT2D eigenvalue weighted by molar-refractivity contribution is 5.83. The number of fused-ring (bicyclic) bond motifs is 1. The first-order chi connectivity index (χ1) is 17.6. The summed E-state index contributed by atoms with van der Waals surface area (Å²) in [5, 5.41) is 2.87. The predicted molar refractivity (Wildman–Crippen MR) is 137 cm³/mol. The van der Waals surface area contributed by atoms with Crippen molar-refractivity contribution in [2.45, 2.75) is 53.1 Å². The number of nitrogens with zero attached hydrogens (tertiary/aromatic N) is 3. The fraction of sp³-hybridized carbons (Fsp3) is 0.444. The largest absolute Gasteiger partial charge is 0.494 e. The standard InChI is InChI=1S/C27H33F3N4O3/c1-5-10-33(6-2)11-7-12-37-19-8-9-23-20(15-19)27(36)34(16-24(35)31-17(3)4)26(32-23)18-13-21(28)25(30)22(29)14-18/h8-9,13-15,17H,5-7,10-12,16H2,1-4H3,(H,31,35). The van der Waals surface area contributed by atoms with Crippen molar-refractivity contribution in [1.82, 2.24) is 19.8 Å². The van der Waals surface area contributed by atoms with E-state index in [4.69, 9.17) is 4.74 Å². The number of amides is 1. The minimum absolute atomic E-state index is 0.154. The van der Waals surface area contributed by atoms with Gasteiger partial charge in [0.2, 0.25) is 5.91 Å². The van der Waals surface area contributed by atoms with E-state index in [9.17, 15) is 22.8 Å². The van der Waals surface area contributed by atoms with E-state index in [0.29, 0.717) is 12.4 Å². The van der Waals surface area contributed by atoms with Crippen molar-refractivity contribution in [3.8, 4) is 17.1 Å². The molecule has 0 saturated heterocycles. The number of aromatic nitrogens is 2. The van der Waals surface area contributed by atoms with Crippen molar-refractivity contribution in [2.75, 3.05) is 26.2 Å². The van der Waals surface area contributed by atoms with E-state index < -0.39 is 35.5 Å². The van der Waals surface area contributed by atoms with Crippen molar-refractivity contribution in [2.24, 2.45) is 0 Å². The van der Waals surface area contributed by atoms with Gasteiger partial charge in [-0.2, -0.15) is 0 Å². The van der Waals surface area contributed by atoms with E-state index in [-0.39, 0.29) is 28.3 Å². The third-order valence-electron chi connectivity index (χ3n) is 5.79. The van der Waals surface area contributed by atoms with Crippen LogP contribution in [0.25, 0.3) is 22.3 Å². The summed E-state index contributed by atoms with van der Waals surface area (Å²) in [5.41, 5.74) is -0.506. The molecule has 0 fully saturated rings. The molecule has 1 aromatic heterocycles. The first kappa shape index (κ1) is 28.2. The highest BCUT2D eigenvalue weighted by Crippen LogP contribution is 2.25. The first-order valence-corrected chi connectivity index (χ1v) is 12.5. The summed E-state index contributed by atoms with van der Waals surface area (Å²) in [6, 6.07) is 6.07. The number of nitrogens with one attached hydrogen (secondary N) is 1. The molecule has 0 saturated carbocycles. The zero-order chi connectivity index (χ0) is 27.1. The molecule has 3 rings (SSSR count). The number of halogens is 3. The SMILES string of the molecule is CCCN(CC)CCCOc1ccc2nc(-c3cc(F)c(F)c(F)c3)n(CC(=O)NC(C)C)c(=O)c2c1. The molecule has 10 heteroatoms. The van der Waals surface area contributed by atoms with E-state index in [2.05, 4.69) is 29.0 Å². The Balaban J connectivity index is 1.97. The van der Waals surface area contributed by atoms with Gasteiger partial charge < -0.3 is 15.0 Å². The van der Waals surface area contributed by atoms with Crippen LogP contribution in [0.2, 0.25) is 0 Å². The lowest BCUT2D eigenvalue weighted by atomic mass is 10.1. The first-order valence-electron chi connectivity index (χ1n) is 12.5. The van der Waals surface area contributed by atoms with Crippen LogP contribution >= 0.6 is 0 Å². The summed E-state index contributed by atoms with van der Waals surface area (Å²) in [7, 11) is 0. The van der Waals surface area contributed by atoms with Crippen LogP contribution in [0.4, 0.5) is 13.2 Å². The summed E-state index contributed by atoms with van der Waals surface area (Å²) in [5.74, 6) is -4.65. The van der Waals surface area contributed by atoms with Gasteiger partial charge in [0.25, 0.3) is 5.56 Å². The Morgan fingerprint density at radius 2 is 1.81 bits per heavy atom. The Labute approximate surface area is 214 Å². The summed E-state index contributed by atoms with van der Waals surface area (Å²) in [6.07, 6.45) is 1.89. The van der Waals surface area contributed by atoms with Gasteiger partial charge in [0.15, 0.2) is 17.5 Å². The molecular formula is C27H33F3N4O3. The maximum atomic E-state index is 14.0. The van der Waals surface area contributed by atoms with Crippen LogP contribution in [0, 0.1) is 17.5 Å². The second-order valence-electron chi connectivity index (χ2n) is 9.12. The van der Waals surface area contributed by atoms with Crippen LogP contribution in [-0.2, 0) is 11.3 Å². The number of hydrogen-bond donors (Lipinski definition) is 1. The maximum Gasteiger partial charge on any atom is 0.262 e. The second-order valence-corrected chi connectivity index (χ2v) is 9.12. The molecule has 0 aliphatic carbocycles. The third kappa shape index (κ3) is 7.09. The number of ether oxygens (including phenoxy) is 1. The average molecular weight is 519 g/mol. The van der Waals surface area contributed by atoms with Gasteiger partial charge >= 0.3 is 0 Å². The fourth-order valence-electron chi connectivity index (χ4n) is 4.08. The van der Waals surface area contributed by atoms with E-state index in [1.165, 1.54) is 0 Å². The minimum Gasteiger partial charge on any atom is -0.494 e. The van der Waals surface area contributed by atoms with Gasteiger partial charge in [-0.25, -0.2) is 18.2 Å².